The molecule has 36 heavy (non-hydrogen) atoms. The van der Waals surface area contributed by atoms with E-state index < -0.39 is 6.10 Å². The minimum absolute atomic E-state index is 0.0103. The predicted molar refractivity (Wildman–Crippen MR) is 141 cm³/mol. The molecule has 1 heterocycles. The van der Waals surface area contributed by atoms with E-state index in [1.165, 1.54) is 19.3 Å². The Labute approximate surface area is 215 Å². The third kappa shape index (κ3) is 8.32. The highest BCUT2D eigenvalue weighted by Gasteiger charge is 2.28. The topological polar surface area (TPSA) is 88.3 Å². The maximum Gasteiger partial charge on any atom is 0.305 e. The normalized spacial score (nSPS) is 15.2. The lowest BCUT2D eigenvalue weighted by molar-refractivity contribution is -0.147. The van der Waals surface area contributed by atoms with Crippen molar-refractivity contribution in [2.75, 3.05) is 45.4 Å². The zero-order valence-corrected chi connectivity index (χ0v) is 22.2. The lowest BCUT2D eigenvalue weighted by atomic mass is 9.94. The maximum absolute atomic E-state index is 11.8. The number of nitrogens with zero attached hydrogens (tertiary/aromatic N) is 3. The van der Waals surface area contributed by atoms with Crippen molar-refractivity contribution < 1.29 is 23.9 Å². The number of carbonyl (C=O) groups is 1. The first kappa shape index (κ1) is 28.2. The van der Waals surface area contributed by atoms with Crippen molar-refractivity contribution >= 4 is 11.9 Å². The Morgan fingerprint density at radius 3 is 2.67 bits per heavy atom. The van der Waals surface area contributed by atoms with Gasteiger partial charge in [0, 0.05) is 58.4 Å². The molecule has 1 fully saturated rings. The van der Waals surface area contributed by atoms with Crippen molar-refractivity contribution in [1.29, 1.82) is 0 Å². The van der Waals surface area contributed by atoms with Crippen LogP contribution in [-0.4, -0.2) is 73.7 Å². The van der Waals surface area contributed by atoms with E-state index in [0.29, 0.717) is 32.2 Å². The molecule has 0 radical (unpaired) electrons. The second kappa shape index (κ2) is 15.0. The summed E-state index contributed by atoms with van der Waals surface area (Å²) in [4.78, 5) is 16.2. The van der Waals surface area contributed by atoms with Gasteiger partial charge in [-0.3, -0.25) is 9.69 Å². The summed E-state index contributed by atoms with van der Waals surface area (Å²) >= 11 is 0. The first-order valence-corrected chi connectivity index (χ1v) is 13.3. The molecule has 200 valence electrons. The minimum atomic E-state index is -0.784. The summed E-state index contributed by atoms with van der Waals surface area (Å²) in [7, 11) is 3.79. The van der Waals surface area contributed by atoms with Crippen LogP contribution in [0, 0.1) is 0 Å². The number of ether oxygens (including phenoxy) is 2. The Bertz CT molecular complexity index is 898. The zero-order valence-electron chi connectivity index (χ0n) is 22.2. The van der Waals surface area contributed by atoms with Crippen molar-refractivity contribution in [2.45, 2.75) is 77.0 Å². The molecule has 1 aromatic carbocycles. The standard InChI is InChI=1S/C28H43N3O5/c1-4-12-26(33)35-21-24(32)19-31(17-11-18-34-3)20-25-27(22-13-7-5-8-14-22)29-36-28(25)30(2)23-15-9-6-10-16-23/h5,7-8,13-14,23-24,32H,4,6,9-12,15-21H2,1-3H3/t24-/m1/s1. The number of carbonyl (C=O) groups excluding carboxylic acids is 1. The summed E-state index contributed by atoms with van der Waals surface area (Å²) in [6, 6.07) is 10.5. The van der Waals surface area contributed by atoms with Crippen LogP contribution in [-0.2, 0) is 20.8 Å². The molecular formula is C28H43N3O5. The number of methoxy groups -OCH3 is 1. The fourth-order valence-corrected chi connectivity index (χ4v) is 4.88. The largest absolute Gasteiger partial charge is 0.463 e. The number of rotatable bonds is 15. The van der Waals surface area contributed by atoms with Gasteiger partial charge in [0.2, 0.25) is 5.88 Å². The van der Waals surface area contributed by atoms with Gasteiger partial charge in [0.05, 0.1) is 5.56 Å². The van der Waals surface area contributed by atoms with Gasteiger partial charge in [-0.15, -0.1) is 0 Å². The van der Waals surface area contributed by atoms with Crippen molar-refractivity contribution in [3.05, 3.63) is 35.9 Å². The molecule has 0 aliphatic heterocycles. The van der Waals surface area contributed by atoms with E-state index in [2.05, 4.69) is 22.0 Å². The molecule has 0 unspecified atom stereocenters. The molecule has 1 aliphatic carbocycles. The van der Waals surface area contributed by atoms with E-state index in [9.17, 15) is 9.90 Å². The molecule has 1 saturated carbocycles. The van der Waals surface area contributed by atoms with E-state index in [1.807, 2.05) is 37.3 Å². The van der Waals surface area contributed by atoms with E-state index >= 15 is 0 Å². The molecule has 2 aromatic rings. The molecule has 0 amide bonds. The van der Waals surface area contributed by atoms with Crippen molar-refractivity contribution in [1.82, 2.24) is 10.1 Å². The Balaban J connectivity index is 1.82. The summed E-state index contributed by atoms with van der Waals surface area (Å²) in [5.74, 6) is 0.519. The minimum Gasteiger partial charge on any atom is -0.463 e. The first-order valence-electron chi connectivity index (χ1n) is 13.3. The monoisotopic (exact) mass is 501 g/mol. The second-order valence-corrected chi connectivity index (χ2v) is 9.75. The van der Waals surface area contributed by atoms with Crippen LogP contribution in [0.4, 0.5) is 5.88 Å². The van der Waals surface area contributed by atoms with Crippen LogP contribution in [0.5, 0.6) is 0 Å². The van der Waals surface area contributed by atoms with Gasteiger partial charge < -0.3 is 24.0 Å². The molecule has 3 rings (SSSR count). The molecule has 8 nitrogen and oxygen atoms in total. The number of aromatic nitrogens is 1. The predicted octanol–water partition coefficient (Wildman–Crippen LogP) is 4.65. The zero-order chi connectivity index (χ0) is 25.8. The Morgan fingerprint density at radius 1 is 1.22 bits per heavy atom. The van der Waals surface area contributed by atoms with Crippen LogP contribution in [0.2, 0.25) is 0 Å². The Morgan fingerprint density at radius 2 is 1.97 bits per heavy atom. The SMILES string of the molecule is CCCC(=O)OC[C@H](O)CN(CCCOC)Cc1c(-c2ccccc2)noc1N(C)C1CCCCC1. The lowest BCUT2D eigenvalue weighted by Crippen LogP contribution is -2.37. The van der Waals surface area contributed by atoms with E-state index in [4.69, 9.17) is 14.0 Å². The van der Waals surface area contributed by atoms with E-state index in [1.54, 1.807) is 7.11 Å². The number of hydrogen-bond donors (Lipinski definition) is 1. The highest BCUT2D eigenvalue weighted by molar-refractivity contribution is 5.69. The van der Waals surface area contributed by atoms with Gasteiger partial charge in [0.25, 0.3) is 0 Å². The van der Waals surface area contributed by atoms with Gasteiger partial charge in [0.15, 0.2) is 0 Å². The molecule has 0 saturated heterocycles. The number of esters is 1. The molecule has 1 atom stereocenters. The Kier molecular flexibility index (Phi) is 11.7. The molecule has 1 N–H and O–H groups in total. The number of aliphatic hydroxyl groups is 1. The third-order valence-corrected chi connectivity index (χ3v) is 6.82. The van der Waals surface area contributed by atoms with E-state index in [-0.39, 0.29) is 12.6 Å². The van der Waals surface area contributed by atoms with Crippen molar-refractivity contribution in [3.8, 4) is 11.3 Å². The average molecular weight is 502 g/mol. The van der Waals surface area contributed by atoms with Crippen LogP contribution in [0.3, 0.4) is 0 Å². The smallest absolute Gasteiger partial charge is 0.305 e. The molecule has 1 aromatic heterocycles. The summed E-state index contributed by atoms with van der Waals surface area (Å²) < 4.78 is 16.5. The number of anilines is 1. The first-order chi connectivity index (χ1) is 17.5. The molecule has 0 bridgehead atoms. The number of aliphatic hydroxyl groups excluding tert-OH is 1. The molecule has 8 heteroatoms. The number of hydrogen-bond acceptors (Lipinski definition) is 8. The second-order valence-electron chi connectivity index (χ2n) is 9.75. The van der Waals surface area contributed by atoms with Crippen molar-refractivity contribution in [2.24, 2.45) is 0 Å². The van der Waals surface area contributed by atoms with Gasteiger partial charge in [-0.2, -0.15) is 0 Å². The number of benzene rings is 1. The molecular weight excluding hydrogens is 458 g/mol. The van der Waals surface area contributed by atoms with Crippen LogP contribution >= 0.6 is 0 Å². The van der Waals surface area contributed by atoms with Crippen LogP contribution < -0.4 is 4.90 Å². The van der Waals surface area contributed by atoms with Gasteiger partial charge in [-0.25, -0.2) is 0 Å². The molecule has 0 spiro atoms. The fourth-order valence-electron chi connectivity index (χ4n) is 4.88. The third-order valence-electron chi connectivity index (χ3n) is 6.82. The van der Waals surface area contributed by atoms with Gasteiger partial charge in [-0.05, 0) is 25.7 Å². The molecule has 1 aliphatic rings. The highest BCUT2D eigenvalue weighted by atomic mass is 16.5. The maximum atomic E-state index is 11.8. The van der Waals surface area contributed by atoms with Crippen LogP contribution in [0.15, 0.2) is 34.9 Å². The van der Waals surface area contributed by atoms with Gasteiger partial charge in [0.1, 0.15) is 18.4 Å². The summed E-state index contributed by atoms with van der Waals surface area (Å²) in [5, 5.41) is 15.2. The quantitative estimate of drug-likeness (QED) is 0.279. The lowest BCUT2D eigenvalue weighted by Gasteiger charge is -2.32. The average Bonchev–Trinajstić information content (AvgIpc) is 3.31. The van der Waals surface area contributed by atoms with Gasteiger partial charge >= 0.3 is 5.97 Å². The summed E-state index contributed by atoms with van der Waals surface area (Å²) in [6.45, 7) is 4.20. The highest BCUT2D eigenvalue weighted by Crippen LogP contribution is 2.35. The summed E-state index contributed by atoms with van der Waals surface area (Å²) in [6.07, 6.45) is 7.18. The van der Waals surface area contributed by atoms with Crippen molar-refractivity contribution in [3.63, 3.8) is 0 Å². The van der Waals surface area contributed by atoms with Gasteiger partial charge in [-0.1, -0.05) is 61.7 Å². The van der Waals surface area contributed by atoms with Crippen LogP contribution in [0.25, 0.3) is 11.3 Å². The van der Waals surface area contributed by atoms with Crippen LogP contribution in [0.1, 0.15) is 63.9 Å². The van der Waals surface area contributed by atoms with E-state index in [0.717, 1.165) is 54.9 Å². The summed E-state index contributed by atoms with van der Waals surface area (Å²) in [5.41, 5.74) is 2.85. The Hall–Kier alpha value is -2.42. The fraction of sp³-hybridized carbons (Fsp3) is 0.643.